The van der Waals surface area contributed by atoms with Crippen LogP contribution in [0, 0.1) is 6.92 Å². The average Bonchev–Trinajstić information content (AvgIpc) is 2.83. The van der Waals surface area contributed by atoms with Crippen LogP contribution in [-0.2, 0) is 0 Å². The van der Waals surface area contributed by atoms with Crippen LogP contribution in [0.25, 0.3) is 22.3 Å². The van der Waals surface area contributed by atoms with Gasteiger partial charge in [0.2, 0.25) is 5.95 Å². The first-order chi connectivity index (χ1) is 9.99. The summed E-state index contributed by atoms with van der Waals surface area (Å²) in [5.41, 5.74) is 8.41. The number of aryl methyl sites for hydroxylation is 1. The standard InChI is InChI=1S/C13H12Cl2N6/c1-5-18-8-3-6(10(14)11(15)12(8)19-5)7-4-9(17-2)21-13(16)20-7/h3-4H,1-2H3,(H,18,19)(H3,16,17,20,21). The number of hydrogen-bond acceptors (Lipinski definition) is 5. The molecule has 0 spiro atoms. The average molecular weight is 323 g/mol. The van der Waals surface area contributed by atoms with Crippen molar-refractivity contribution in [1.29, 1.82) is 0 Å². The molecular formula is C13H12Cl2N6. The van der Waals surface area contributed by atoms with Crippen molar-refractivity contribution < 1.29 is 0 Å². The number of hydrogen-bond donors (Lipinski definition) is 3. The number of nitrogens with zero attached hydrogens (tertiary/aromatic N) is 3. The Kier molecular flexibility index (Phi) is 3.35. The molecule has 0 saturated carbocycles. The molecule has 0 atom stereocenters. The van der Waals surface area contributed by atoms with Gasteiger partial charge in [-0.25, -0.2) is 9.97 Å². The zero-order chi connectivity index (χ0) is 15.1. The third-order valence-electron chi connectivity index (χ3n) is 3.05. The molecule has 2 aromatic heterocycles. The van der Waals surface area contributed by atoms with Gasteiger partial charge in [-0.15, -0.1) is 0 Å². The summed E-state index contributed by atoms with van der Waals surface area (Å²) in [6.07, 6.45) is 0. The predicted octanol–water partition coefficient (Wildman–Crippen LogP) is 3.26. The molecule has 4 N–H and O–H groups in total. The third kappa shape index (κ3) is 2.36. The number of anilines is 2. The Balaban J connectivity index is 2.29. The predicted molar refractivity (Wildman–Crippen MR) is 85.8 cm³/mol. The van der Waals surface area contributed by atoms with E-state index in [2.05, 4.69) is 25.3 Å². The monoisotopic (exact) mass is 322 g/mol. The summed E-state index contributed by atoms with van der Waals surface area (Å²) in [5, 5.41) is 3.70. The summed E-state index contributed by atoms with van der Waals surface area (Å²) in [4.78, 5) is 15.7. The zero-order valence-corrected chi connectivity index (χ0v) is 12.8. The molecule has 1 aromatic carbocycles. The Morgan fingerprint density at radius 1 is 1.14 bits per heavy atom. The molecular weight excluding hydrogens is 311 g/mol. The lowest BCUT2D eigenvalue weighted by molar-refractivity contribution is 1.17. The number of nitrogens with two attached hydrogens (primary N) is 1. The van der Waals surface area contributed by atoms with E-state index in [0.717, 1.165) is 11.3 Å². The summed E-state index contributed by atoms with van der Waals surface area (Å²) in [6, 6.07) is 3.60. The summed E-state index contributed by atoms with van der Waals surface area (Å²) in [5.74, 6) is 1.52. The lowest BCUT2D eigenvalue weighted by Gasteiger charge is -2.08. The van der Waals surface area contributed by atoms with E-state index in [1.54, 1.807) is 13.1 Å². The lowest BCUT2D eigenvalue weighted by atomic mass is 10.1. The van der Waals surface area contributed by atoms with Crippen LogP contribution in [0.1, 0.15) is 5.82 Å². The van der Waals surface area contributed by atoms with Gasteiger partial charge in [-0.05, 0) is 13.0 Å². The highest BCUT2D eigenvalue weighted by Crippen LogP contribution is 2.38. The third-order valence-corrected chi connectivity index (χ3v) is 3.91. The largest absolute Gasteiger partial charge is 0.373 e. The van der Waals surface area contributed by atoms with Crippen molar-refractivity contribution in [2.24, 2.45) is 0 Å². The summed E-state index contributed by atoms with van der Waals surface area (Å²) < 4.78 is 0. The number of rotatable bonds is 2. The Morgan fingerprint density at radius 2 is 1.90 bits per heavy atom. The number of aromatic amines is 1. The molecule has 2 heterocycles. The Bertz CT molecular complexity index is 842. The van der Waals surface area contributed by atoms with Gasteiger partial charge in [0.15, 0.2) is 0 Å². The Hall–Kier alpha value is -2.05. The second kappa shape index (κ2) is 5.05. The van der Waals surface area contributed by atoms with E-state index in [-0.39, 0.29) is 5.95 Å². The Morgan fingerprint density at radius 3 is 2.62 bits per heavy atom. The van der Waals surface area contributed by atoms with Gasteiger partial charge in [0.05, 0.1) is 21.3 Å². The molecule has 0 aliphatic carbocycles. The maximum Gasteiger partial charge on any atom is 0.222 e. The molecule has 0 aliphatic rings. The number of nitrogen functional groups attached to an aromatic ring is 1. The van der Waals surface area contributed by atoms with Crippen LogP contribution < -0.4 is 11.1 Å². The van der Waals surface area contributed by atoms with E-state index < -0.39 is 0 Å². The number of H-pyrrole nitrogens is 1. The number of halogens is 2. The SMILES string of the molecule is CNc1cc(-c2cc3[nH]c(C)nc3c(Cl)c2Cl)nc(N)n1. The van der Waals surface area contributed by atoms with Gasteiger partial charge in [0.1, 0.15) is 17.2 Å². The van der Waals surface area contributed by atoms with Crippen molar-refractivity contribution in [3.05, 3.63) is 28.0 Å². The smallest absolute Gasteiger partial charge is 0.222 e. The maximum atomic E-state index is 6.36. The van der Waals surface area contributed by atoms with Crippen molar-refractivity contribution in [2.45, 2.75) is 6.92 Å². The van der Waals surface area contributed by atoms with E-state index in [9.17, 15) is 0 Å². The van der Waals surface area contributed by atoms with Gasteiger partial charge < -0.3 is 16.0 Å². The van der Waals surface area contributed by atoms with Gasteiger partial charge in [0, 0.05) is 18.7 Å². The van der Waals surface area contributed by atoms with Crippen LogP contribution in [0.3, 0.4) is 0 Å². The van der Waals surface area contributed by atoms with Gasteiger partial charge >= 0.3 is 0 Å². The van der Waals surface area contributed by atoms with Crippen molar-refractivity contribution in [2.75, 3.05) is 18.1 Å². The highest BCUT2D eigenvalue weighted by atomic mass is 35.5. The highest BCUT2D eigenvalue weighted by molar-refractivity contribution is 6.46. The fourth-order valence-corrected chi connectivity index (χ4v) is 2.62. The van der Waals surface area contributed by atoms with Crippen molar-refractivity contribution in [3.63, 3.8) is 0 Å². The quantitative estimate of drug-likeness (QED) is 0.673. The number of aromatic nitrogens is 4. The minimum atomic E-state index is 0.157. The van der Waals surface area contributed by atoms with E-state index in [1.807, 2.05) is 13.0 Å². The molecule has 21 heavy (non-hydrogen) atoms. The zero-order valence-electron chi connectivity index (χ0n) is 11.3. The molecule has 3 rings (SSSR count). The number of fused-ring (bicyclic) bond motifs is 1. The van der Waals surface area contributed by atoms with Gasteiger partial charge in [-0.1, -0.05) is 23.2 Å². The lowest BCUT2D eigenvalue weighted by Crippen LogP contribution is -2.01. The van der Waals surface area contributed by atoms with Crippen molar-refractivity contribution in [3.8, 4) is 11.3 Å². The summed E-state index contributed by atoms with van der Waals surface area (Å²) in [6.45, 7) is 1.85. The maximum absolute atomic E-state index is 6.36. The second-order valence-electron chi connectivity index (χ2n) is 4.52. The van der Waals surface area contributed by atoms with Crippen molar-refractivity contribution >= 4 is 46.0 Å². The minimum absolute atomic E-state index is 0.157. The normalized spacial score (nSPS) is 11.0. The fourth-order valence-electron chi connectivity index (χ4n) is 2.13. The van der Waals surface area contributed by atoms with Crippen LogP contribution in [-0.4, -0.2) is 27.0 Å². The summed E-state index contributed by atoms with van der Waals surface area (Å²) >= 11 is 12.7. The van der Waals surface area contributed by atoms with Crippen LogP contribution in [0.4, 0.5) is 11.8 Å². The molecule has 0 bridgehead atoms. The number of imidazole rings is 1. The van der Waals surface area contributed by atoms with Crippen LogP contribution in [0.5, 0.6) is 0 Å². The van der Waals surface area contributed by atoms with E-state index in [4.69, 9.17) is 28.9 Å². The van der Waals surface area contributed by atoms with E-state index >= 15 is 0 Å². The molecule has 0 aliphatic heterocycles. The molecule has 0 radical (unpaired) electrons. The topological polar surface area (TPSA) is 92.5 Å². The van der Waals surface area contributed by atoms with Crippen molar-refractivity contribution in [1.82, 2.24) is 19.9 Å². The fraction of sp³-hybridized carbons (Fsp3) is 0.154. The molecule has 0 fully saturated rings. The highest BCUT2D eigenvalue weighted by Gasteiger charge is 2.16. The molecule has 0 unspecified atom stereocenters. The second-order valence-corrected chi connectivity index (χ2v) is 5.27. The summed E-state index contributed by atoms with van der Waals surface area (Å²) in [7, 11) is 1.75. The molecule has 3 aromatic rings. The Labute approximate surface area is 130 Å². The molecule has 8 heteroatoms. The van der Waals surface area contributed by atoms with Crippen LogP contribution >= 0.6 is 23.2 Å². The molecule has 108 valence electrons. The van der Waals surface area contributed by atoms with Crippen LogP contribution in [0.15, 0.2) is 12.1 Å². The van der Waals surface area contributed by atoms with Gasteiger partial charge in [-0.2, -0.15) is 4.98 Å². The molecule has 6 nitrogen and oxygen atoms in total. The number of nitrogens with one attached hydrogen (secondary N) is 2. The first-order valence-corrected chi connectivity index (χ1v) is 6.92. The first kappa shape index (κ1) is 13.9. The van der Waals surface area contributed by atoms with Crippen LogP contribution in [0.2, 0.25) is 10.0 Å². The first-order valence-electron chi connectivity index (χ1n) is 6.16. The number of benzene rings is 1. The minimum Gasteiger partial charge on any atom is -0.373 e. The van der Waals surface area contributed by atoms with E-state index in [0.29, 0.717) is 32.6 Å². The van der Waals surface area contributed by atoms with Gasteiger partial charge in [0.25, 0.3) is 0 Å². The van der Waals surface area contributed by atoms with Gasteiger partial charge in [-0.3, -0.25) is 0 Å². The molecule has 0 amide bonds. The molecule has 0 saturated heterocycles. The van der Waals surface area contributed by atoms with E-state index in [1.165, 1.54) is 0 Å².